The zero-order chi connectivity index (χ0) is 17.5. The van der Waals surface area contributed by atoms with Gasteiger partial charge in [0.05, 0.1) is 18.2 Å². The lowest BCUT2D eigenvalue weighted by Gasteiger charge is -2.42. The van der Waals surface area contributed by atoms with Crippen molar-refractivity contribution < 1.29 is 9.53 Å². The molecule has 1 saturated heterocycles. The van der Waals surface area contributed by atoms with E-state index < -0.39 is 0 Å². The van der Waals surface area contributed by atoms with Crippen LogP contribution in [0.1, 0.15) is 36.3 Å². The molecule has 1 unspecified atom stereocenters. The third-order valence-electron chi connectivity index (χ3n) is 4.97. The predicted octanol–water partition coefficient (Wildman–Crippen LogP) is 3.59. The number of halogens is 2. The van der Waals surface area contributed by atoms with Crippen LogP contribution >= 0.6 is 24.8 Å². The minimum atomic E-state index is -0.0799. The summed E-state index contributed by atoms with van der Waals surface area (Å²) in [5.74, 6) is 0.766. The number of likely N-dealkylation sites (tertiary alicyclic amines) is 1. The molecular formula is C19H27Cl2N3O2. The third-order valence-corrected chi connectivity index (χ3v) is 4.97. The predicted molar refractivity (Wildman–Crippen MR) is 110 cm³/mol. The summed E-state index contributed by atoms with van der Waals surface area (Å²) in [5.41, 5.74) is 8.45. The summed E-state index contributed by atoms with van der Waals surface area (Å²) in [5, 5.41) is 0.831. The Morgan fingerprint density at radius 3 is 2.62 bits per heavy atom. The van der Waals surface area contributed by atoms with E-state index in [0.717, 1.165) is 28.8 Å². The van der Waals surface area contributed by atoms with Gasteiger partial charge in [-0.2, -0.15) is 0 Å². The number of aromatic nitrogens is 1. The molecule has 3 rings (SSSR count). The van der Waals surface area contributed by atoms with E-state index in [1.807, 2.05) is 36.1 Å². The number of aryl methyl sites for hydroxylation is 1. The van der Waals surface area contributed by atoms with Gasteiger partial charge in [-0.1, -0.05) is 13.8 Å². The Morgan fingerprint density at radius 1 is 1.31 bits per heavy atom. The number of hydrogen-bond acceptors (Lipinski definition) is 4. The molecule has 2 heterocycles. The van der Waals surface area contributed by atoms with E-state index in [9.17, 15) is 4.79 Å². The van der Waals surface area contributed by atoms with Gasteiger partial charge in [-0.3, -0.25) is 9.78 Å². The quantitative estimate of drug-likeness (QED) is 0.837. The van der Waals surface area contributed by atoms with Crippen molar-refractivity contribution in [1.29, 1.82) is 0 Å². The maximum atomic E-state index is 13.2. The molecular weight excluding hydrogens is 373 g/mol. The second-order valence-corrected chi connectivity index (χ2v) is 7.30. The van der Waals surface area contributed by atoms with Gasteiger partial charge < -0.3 is 15.4 Å². The van der Waals surface area contributed by atoms with E-state index in [1.54, 1.807) is 7.11 Å². The molecule has 1 aliphatic rings. The highest BCUT2D eigenvalue weighted by Gasteiger charge is 2.36. The second kappa shape index (κ2) is 8.42. The average molecular weight is 400 g/mol. The Kier molecular flexibility index (Phi) is 7.28. The summed E-state index contributed by atoms with van der Waals surface area (Å²) in [4.78, 5) is 19.6. The van der Waals surface area contributed by atoms with Crippen molar-refractivity contribution in [3.05, 3.63) is 35.5 Å². The van der Waals surface area contributed by atoms with Crippen molar-refractivity contribution in [2.45, 2.75) is 33.2 Å². The number of carbonyl (C=O) groups excluding carboxylic acids is 1. The first-order valence-electron chi connectivity index (χ1n) is 8.32. The van der Waals surface area contributed by atoms with Crippen LogP contribution in [0, 0.1) is 12.3 Å². The SMILES string of the molecule is COc1ccc2nc(C)cc(C(=O)N3CCC(N)C(C)(C)C3)c2c1.Cl.Cl. The Hall–Kier alpha value is -1.56. The van der Waals surface area contributed by atoms with Gasteiger partial charge in [0.1, 0.15) is 5.75 Å². The zero-order valence-electron chi connectivity index (χ0n) is 15.6. The lowest BCUT2D eigenvalue weighted by molar-refractivity contribution is 0.0534. The Balaban J connectivity index is 0.00000169. The molecule has 2 N–H and O–H groups in total. The highest BCUT2D eigenvalue weighted by molar-refractivity contribution is 6.06. The number of benzene rings is 1. The molecule has 1 fully saturated rings. The van der Waals surface area contributed by atoms with Crippen molar-refractivity contribution in [1.82, 2.24) is 9.88 Å². The number of fused-ring (bicyclic) bond motifs is 1. The average Bonchev–Trinajstić information content (AvgIpc) is 2.55. The Labute approximate surface area is 167 Å². The number of amides is 1. The molecule has 1 aromatic carbocycles. The largest absolute Gasteiger partial charge is 0.497 e. The van der Waals surface area contributed by atoms with E-state index in [4.69, 9.17) is 10.5 Å². The summed E-state index contributed by atoms with van der Waals surface area (Å²) in [6.07, 6.45) is 0.823. The number of carbonyl (C=O) groups is 1. The molecule has 1 amide bonds. The molecule has 0 saturated carbocycles. The van der Waals surface area contributed by atoms with E-state index in [-0.39, 0.29) is 42.2 Å². The number of ether oxygens (including phenoxy) is 1. The van der Waals surface area contributed by atoms with Crippen LogP contribution in [-0.2, 0) is 0 Å². The Bertz CT molecular complexity index is 796. The Morgan fingerprint density at radius 2 is 2.00 bits per heavy atom. The maximum Gasteiger partial charge on any atom is 0.254 e. The number of rotatable bonds is 2. The highest BCUT2D eigenvalue weighted by atomic mass is 35.5. The summed E-state index contributed by atoms with van der Waals surface area (Å²) < 4.78 is 5.31. The van der Waals surface area contributed by atoms with Crippen molar-refractivity contribution in [3.8, 4) is 5.75 Å². The van der Waals surface area contributed by atoms with Gasteiger partial charge >= 0.3 is 0 Å². The summed E-state index contributed by atoms with van der Waals surface area (Å²) in [7, 11) is 1.62. The van der Waals surface area contributed by atoms with Crippen molar-refractivity contribution in [3.63, 3.8) is 0 Å². The number of methoxy groups -OCH3 is 1. The summed E-state index contributed by atoms with van der Waals surface area (Å²) >= 11 is 0. The lowest BCUT2D eigenvalue weighted by Crippen LogP contribution is -2.54. The highest BCUT2D eigenvalue weighted by Crippen LogP contribution is 2.30. The lowest BCUT2D eigenvalue weighted by atomic mass is 9.79. The van der Waals surface area contributed by atoms with Gasteiger partial charge in [0.2, 0.25) is 0 Å². The van der Waals surface area contributed by atoms with Crippen molar-refractivity contribution in [2.24, 2.45) is 11.1 Å². The molecule has 0 aliphatic carbocycles. The van der Waals surface area contributed by atoms with Gasteiger partial charge in [-0.05, 0) is 43.0 Å². The molecule has 144 valence electrons. The molecule has 1 atom stereocenters. The molecule has 7 heteroatoms. The van der Waals surface area contributed by atoms with Crippen LogP contribution in [0.25, 0.3) is 10.9 Å². The number of piperidine rings is 1. The van der Waals surface area contributed by atoms with Crippen LogP contribution in [0.15, 0.2) is 24.3 Å². The van der Waals surface area contributed by atoms with Crippen molar-refractivity contribution in [2.75, 3.05) is 20.2 Å². The first kappa shape index (κ1) is 22.5. The minimum absolute atomic E-state index is 0. The molecule has 5 nitrogen and oxygen atoms in total. The summed E-state index contributed by atoms with van der Waals surface area (Å²) in [6, 6.07) is 7.64. The summed E-state index contributed by atoms with van der Waals surface area (Å²) in [6.45, 7) is 7.51. The molecule has 0 radical (unpaired) electrons. The van der Waals surface area contributed by atoms with Crippen LogP contribution in [0.4, 0.5) is 0 Å². The molecule has 0 bridgehead atoms. The molecule has 0 spiro atoms. The fourth-order valence-electron chi connectivity index (χ4n) is 3.36. The van der Waals surface area contributed by atoms with Crippen LogP contribution in [0.3, 0.4) is 0 Å². The molecule has 2 aromatic rings. The second-order valence-electron chi connectivity index (χ2n) is 7.30. The van der Waals surface area contributed by atoms with Crippen LogP contribution in [0.5, 0.6) is 5.75 Å². The van der Waals surface area contributed by atoms with E-state index >= 15 is 0 Å². The van der Waals surface area contributed by atoms with E-state index in [1.165, 1.54) is 0 Å². The van der Waals surface area contributed by atoms with Crippen LogP contribution < -0.4 is 10.5 Å². The van der Waals surface area contributed by atoms with Crippen molar-refractivity contribution >= 4 is 41.6 Å². The molecule has 26 heavy (non-hydrogen) atoms. The van der Waals surface area contributed by atoms with Gasteiger partial charge in [0.25, 0.3) is 5.91 Å². The van der Waals surface area contributed by atoms with E-state index in [2.05, 4.69) is 18.8 Å². The van der Waals surface area contributed by atoms with Crippen LogP contribution in [-0.4, -0.2) is 42.0 Å². The maximum absolute atomic E-state index is 13.2. The van der Waals surface area contributed by atoms with E-state index in [0.29, 0.717) is 18.7 Å². The molecule has 1 aromatic heterocycles. The smallest absolute Gasteiger partial charge is 0.254 e. The third kappa shape index (κ3) is 4.22. The topological polar surface area (TPSA) is 68.5 Å². The fourth-order valence-corrected chi connectivity index (χ4v) is 3.36. The van der Waals surface area contributed by atoms with Gasteiger partial charge in [0, 0.05) is 30.2 Å². The minimum Gasteiger partial charge on any atom is -0.497 e. The number of nitrogens with two attached hydrogens (primary N) is 1. The normalized spacial score (nSPS) is 18.7. The monoisotopic (exact) mass is 399 g/mol. The van der Waals surface area contributed by atoms with Gasteiger partial charge in [-0.15, -0.1) is 24.8 Å². The first-order chi connectivity index (χ1) is 11.3. The fraction of sp³-hybridized carbons (Fsp3) is 0.474. The number of nitrogens with zero attached hydrogens (tertiary/aromatic N) is 2. The number of pyridine rings is 1. The van der Waals surface area contributed by atoms with Crippen LogP contribution in [0.2, 0.25) is 0 Å². The van der Waals surface area contributed by atoms with Gasteiger partial charge in [-0.25, -0.2) is 0 Å². The molecule has 1 aliphatic heterocycles. The standard InChI is InChI=1S/C19H25N3O2.2ClH/c1-12-9-15(14-10-13(24-4)5-6-16(14)21-12)18(23)22-8-7-17(20)19(2,3)11-22;;/h5-6,9-10,17H,7-8,11,20H2,1-4H3;2*1H. The van der Waals surface area contributed by atoms with Gasteiger partial charge in [0.15, 0.2) is 0 Å². The first-order valence-corrected chi connectivity index (χ1v) is 8.32. The number of hydrogen-bond donors (Lipinski definition) is 1. The zero-order valence-corrected chi connectivity index (χ0v) is 17.2.